The largest absolute Gasteiger partial charge is 0.494 e. The van der Waals surface area contributed by atoms with Crippen LogP contribution in [0.15, 0.2) is 42.5 Å². The number of para-hydroxylation sites is 1. The number of nitrogens with one attached hydrogen (secondary N) is 2. The minimum absolute atomic E-state index is 0.0651. The molecule has 24 heavy (non-hydrogen) atoms. The van der Waals surface area contributed by atoms with Crippen molar-refractivity contribution in [2.45, 2.75) is 33.6 Å². The van der Waals surface area contributed by atoms with Gasteiger partial charge in [-0.15, -0.1) is 0 Å². The molecule has 4 heteroatoms. The molecule has 0 bridgehead atoms. The number of aryl methyl sites for hydroxylation is 2. The fourth-order valence-electron chi connectivity index (χ4n) is 2.41. The summed E-state index contributed by atoms with van der Waals surface area (Å²) in [6.45, 7) is 7.05. The Bertz CT molecular complexity index is 663. The van der Waals surface area contributed by atoms with E-state index in [1.807, 2.05) is 56.3 Å². The Morgan fingerprint density at radius 1 is 1.08 bits per heavy atom. The first-order valence-electron chi connectivity index (χ1n) is 8.43. The predicted octanol–water partition coefficient (Wildman–Crippen LogP) is 4.53. The minimum Gasteiger partial charge on any atom is -0.494 e. The molecule has 0 radical (unpaired) electrons. The lowest BCUT2D eigenvalue weighted by Crippen LogP contribution is -2.22. The van der Waals surface area contributed by atoms with Gasteiger partial charge in [0.25, 0.3) is 0 Å². The number of unbranched alkanes of at least 4 members (excludes halogenated alkanes) is 1. The predicted molar refractivity (Wildman–Crippen MR) is 99.9 cm³/mol. The van der Waals surface area contributed by atoms with Crippen molar-refractivity contribution in [3.63, 3.8) is 0 Å². The maximum atomic E-state index is 12.2. The molecule has 2 aromatic rings. The van der Waals surface area contributed by atoms with Crippen molar-refractivity contribution in [1.82, 2.24) is 0 Å². The third kappa shape index (κ3) is 5.30. The molecule has 0 aliphatic heterocycles. The third-order valence-electron chi connectivity index (χ3n) is 3.80. The van der Waals surface area contributed by atoms with Gasteiger partial charge >= 0.3 is 0 Å². The van der Waals surface area contributed by atoms with Crippen molar-refractivity contribution in [2.75, 3.05) is 23.8 Å². The summed E-state index contributed by atoms with van der Waals surface area (Å²) in [5, 5.41) is 6.11. The zero-order chi connectivity index (χ0) is 17.4. The van der Waals surface area contributed by atoms with Crippen LogP contribution in [0, 0.1) is 13.8 Å². The highest BCUT2D eigenvalue weighted by Crippen LogP contribution is 2.20. The van der Waals surface area contributed by atoms with E-state index in [0.29, 0.717) is 6.61 Å². The van der Waals surface area contributed by atoms with E-state index in [0.717, 1.165) is 41.1 Å². The molecular formula is C20H26N2O2. The van der Waals surface area contributed by atoms with E-state index < -0.39 is 0 Å². The number of hydrogen-bond donors (Lipinski definition) is 2. The van der Waals surface area contributed by atoms with E-state index in [9.17, 15) is 4.79 Å². The summed E-state index contributed by atoms with van der Waals surface area (Å²) in [6, 6.07) is 13.7. The summed E-state index contributed by atoms with van der Waals surface area (Å²) in [5.41, 5.74) is 3.89. The second-order valence-corrected chi connectivity index (χ2v) is 5.90. The molecule has 4 nitrogen and oxygen atoms in total. The van der Waals surface area contributed by atoms with Gasteiger partial charge in [-0.2, -0.15) is 0 Å². The summed E-state index contributed by atoms with van der Waals surface area (Å²) in [7, 11) is 0. The molecule has 0 unspecified atom stereocenters. The van der Waals surface area contributed by atoms with Crippen molar-refractivity contribution in [3.8, 4) is 5.75 Å². The van der Waals surface area contributed by atoms with E-state index in [-0.39, 0.29) is 12.5 Å². The number of carbonyl (C=O) groups excluding carboxylic acids is 1. The molecule has 0 aliphatic rings. The van der Waals surface area contributed by atoms with Gasteiger partial charge in [-0.3, -0.25) is 4.79 Å². The van der Waals surface area contributed by atoms with Gasteiger partial charge in [0.2, 0.25) is 5.91 Å². The van der Waals surface area contributed by atoms with Crippen LogP contribution in [0.2, 0.25) is 0 Å². The number of amides is 1. The Balaban J connectivity index is 1.88. The SMILES string of the molecule is CCCCOc1cccc(NCC(=O)Nc2c(C)cccc2C)c1. The number of hydrogen-bond acceptors (Lipinski definition) is 3. The molecular weight excluding hydrogens is 300 g/mol. The van der Waals surface area contributed by atoms with Crippen molar-refractivity contribution in [2.24, 2.45) is 0 Å². The van der Waals surface area contributed by atoms with Gasteiger partial charge in [-0.05, 0) is 43.5 Å². The Kier molecular flexibility index (Phi) is 6.67. The summed E-state index contributed by atoms with van der Waals surface area (Å²) in [5.74, 6) is 0.758. The molecule has 0 heterocycles. The van der Waals surface area contributed by atoms with Crippen LogP contribution >= 0.6 is 0 Å². The fraction of sp³-hybridized carbons (Fsp3) is 0.350. The van der Waals surface area contributed by atoms with Crippen LogP contribution in [0.1, 0.15) is 30.9 Å². The summed E-state index contributed by atoms with van der Waals surface area (Å²) in [4.78, 5) is 12.2. The average Bonchev–Trinajstić information content (AvgIpc) is 2.57. The average molecular weight is 326 g/mol. The van der Waals surface area contributed by atoms with E-state index in [1.165, 1.54) is 0 Å². The number of carbonyl (C=O) groups is 1. The normalized spacial score (nSPS) is 10.3. The van der Waals surface area contributed by atoms with Crippen LogP contribution in [-0.2, 0) is 4.79 Å². The lowest BCUT2D eigenvalue weighted by molar-refractivity contribution is -0.114. The lowest BCUT2D eigenvalue weighted by Gasteiger charge is -2.13. The Hall–Kier alpha value is -2.49. The summed E-state index contributed by atoms with van der Waals surface area (Å²) < 4.78 is 5.68. The second-order valence-electron chi connectivity index (χ2n) is 5.90. The molecule has 1 amide bonds. The molecule has 0 spiro atoms. The van der Waals surface area contributed by atoms with Gasteiger partial charge in [0, 0.05) is 17.4 Å². The van der Waals surface area contributed by atoms with Crippen molar-refractivity contribution in [3.05, 3.63) is 53.6 Å². The van der Waals surface area contributed by atoms with Crippen LogP contribution < -0.4 is 15.4 Å². The van der Waals surface area contributed by atoms with Crippen molar-refractivity contribution < 1.29 is 9.53 Å². The Morgan fingerprint density at radius 2 is 1.79 bits per heavy atom. The first-order chi connectivity index (χ1) is 11.6. The number of rotatable bonds is 8. The fourth-order valence-corrected chi connectivity index (χ4v) is 2.41. The van der Waals surface area contributed by atoms with E-state index in [4.69, 9.17) is 4.74 Å². The molecule has 0 aliphatic carbocycles. The molecule has 128 valence electrons. The lowest BCUT2D eigenvalue weighted by atomic mass is 10.1. The molecule has 2 N–H and O–H groups in total. The molecule has 0 saturated carbocycles. The Morgan fingerprint density at radius 3 is 2.50 bits per heavy atom. The van der Waals surface area contributed by atoms with Gasteiger partial charge in [0.05, 0.1) is 13.2 Å². The van der Waals surface area contributed by atoms with Crippen molar-refractivity contribution >= 4 is 17.3 Å². The van der Waals surface area contributed by atoms with Gasteiger partial charge < -0.3 is 15.4 Å². The number of anilines is 2. The highest BCUT2D eigenvalue weighted by atomic mass is 16.5. The zero-order valence-electron chi connectivity index (χ0n) is 14.7. The van der Waals surface area contributed by atoms with Crippen LogP contribution in [0.5, 0.6) is 5.75 Å². The minimum atomic E-state index is -0.0651. The highest BCUT2D eigenvalue weighted by Gasteiger charge is 2.07. The maximum Gasteiger partial charge on any atom is 0.243 e. The zero-order valence-corrected chi connectivity index (χ0v) is 14.7. The standard InChI is InChI=1S/C20H26N2O2/c1-4-5-12-24-18-11-7-10-17(13-18)21-14-19(23)22-20-15(2)8-6-9-16(20)3/h6-11,13,21H,4-5,12,14H2,1-3H3,(H,22,23). The quantitative estimate of drug-likeness (QED) is 0.701. The van der Waals surface area contributed by atoms with Crippen LogP contribution in [-0.4, -0.2) is 19.1 Å². The van der Waals surface area contributed by atoms with E-state index in [2.05, 4.69) is 17.6 Å². The molecule has 0 aromatic heterocycles. The van der Waals surface area contributed by atoms with Crippen LogP contribution in [0.25, 0.3) is 0 Å². The van der Waals surface area contributed by atoms with Crippen LogP contribution in [0.4, 0.5) is 11.4 Å². The number of ether oxygens (including phenoxy) is 1. The van der Waals surface area contributed by atoms with Gasteiger partial charge in [-0.25, -0.2) is 0 Å². The highest BCUT2D eigenvalue weighted by molar-refractivity contribution is 5.95. The van der Waals surface area contributed by atoms with E-state index >= 15 is 0 Å². The second kappa shape index (κ2) is 8.96. The molecule has 2 aromatic carbocycles. The van der Waals surface area contributed by atoms with Crippen molar-refractivity contribution in [1.29, 1.82) is 0 Å². The summed E-state index contributed by atoms with van der Waals surface area (Å²) in [6.07, 6.45) is 2.15. The van der Waals surface area contributed by atoms with Gasteiger partial charge in [0.1, 0.15) is 5.75 Å². The maximum absolute atomic E-state index is 12.2. The van der Waals surface area contributed by atoms with Crippen LogP contribution in [0.3, 0.4) is 0 Å². The van der Waals surface area contributed by atoms with Gasteiger partial charge in [0.15, 0.2) is 0 Å². The first-order valence-corrected chi connectivity index (χ1v) is 8.43. The number of benzene rings is 2. The van der Waals surface area contributed by atoms with Gasteiger partial charge in [-0.1, -0.05) is 37.6 Å². The Labute approximate surface area is 144 Å². The molecule has 0 fully saturated rings. The third-order valence-corrected chi connectivity index (χ3v) is 3.80. The molecule has 0 atom stereocenters. The smallest absolute Gasteiger partial charge is 0.243 e. The van der Waals surface area contributed by atoms with E-state index in [1.54, 1.807) is 0 Å². The first kappa shape index (κ1) is 17.9. The topological polar surface area (TPSA) is 50.4 Å². The monoisotopic (exact) mass is 326 g/mol. The molecule has 0 saturated heterocycles. The molecule has 2 rings (SSSR count). The summed E-state index contributed by atoms with van der Waals surface area (Å²) >= 11 is 0.